The molecule has 2 N–H and O–H groups in total. The van der Waals surface area contributed by atoms with E-state index >= 15 is 0 Å². The topological polar surface area (TPSA) is 43.8 Å². The Morgan fingerprint density at radius 2 is 1.71 bits per heavy atom. The van der Waals surface area contributed by atoms with Crippen molar-refractivity contribution < 1.29 is 0 Å². The summed E-state index contributed by atoms with van der Waals surface area (Å²) in [6.45, 7) is 10.8. The molecule has 0 amide bonds. The molecule has 1 unspecified atom stereocenters. The Labute approximate surface area is 128 Å². The first-order valence-corrected chi connectivity index (χ1v) is 7.55. The van der Waals surface area contributed by atoms with Crippen LogP contribution in [0.5, 0.6) is 0 Å². The van der Waals surface area contributed by atoms with Crippen molar-refractivity contribution in [3.8, 4) is 0 Å². The molecule has 0 radical (unpaired) electrons. The van der Waals surface area contributed by atoms with Crippen LogP contribution in [-0.2, 0) is 18.9 Å². The summed E-state index contributed by atoms with van der Waals surface area (Å²) in [6.07, 6.45) is 0.845. The molecule has 0 fully saturated rings. The molecular formula is C18H27N3. The highest BCUT2D eigenvalue weighted by Gasteiger charge is 2.18. The first-order chi connectivity index (χ1) is 9.70. The van der Waals surface area contributed by atoms with Crippen LogP contribution in [0, 0.1) is 13.8 Å². The van der Waals surface area contributed by atoms with Crippen molar-refractivity contribution in [2.24, 2.45) is 12.8 Å². The van der Waals surface area contributed by atoms with Gasteiger partial charge < -0.3 is 5.73 Å². The molecule has 0 aliphatic carbocycles. The fraction of sp³-hybridized carbons (Fsp3) is 0.500. The van der Waals surface area contributed by atoms with Crippen LogP contribution < -0.4 is 5.73 Å². The summed E-state index contributed by atoms with van der Waals surface area (Å²) in [7, 11) is 1.97. The highest BCUT2D eigenvalue weighted by Crippen LogP contribution is 2.25. The fourth-order valence-corrected chi connectivity index (χ4v) is 2.82. The molecule has 2 rings (SSSR count). The lowest BCUT2D eigenvalue weighted by molar-refractivity contribution is 0.589. The van der Waals surface area contributed by atoms with Crippen LogP contribution in [0.3, 0.4) is 0 Å². The molecular weight excluding hydrogens is 258 g/mol. The average molecular weight is 285 g/mol. The van der Waals surface area contributed by atoms with Gasteiger partial charge in [0.2, 0.25) is 0 Å². The van der Waals surface area contributed by atoms with Crippen LogP contribution >= 0.6 is 0 Å². The highest BCUT2D eigenvalue weighted by atomic mass is 15.3. The van der Waals surface area contributed by atoms with Gasteiger partial charge in [0, 0.05) is 24.3 Å². The van der Waals surface area contributed by atoms with Gasteiger partial charge in [0.1, 0.15) is 0 Å². The number of rotatable bonds is 3. The maximum absolute atomic E-state index is 6.41. The highest BCUT2D eigenvalue weighted by molar-refractivity contribution is 5.32. The van der Waals surface area contributed by atoms with Crippen molar-refractivity contribution in [3.63, 3.8) is 0 Å². The summed E-state index contributed by atoms with van der Waals surface area (Å²) in [5.41, 5.74) is 12.6. The van der Waals surface area contributed by atoms with Crippen molar-refractivity contribution in [2.75, 3.05) is 0 Å². The van der Waals surface area contributed by atoms with Gasteiger partial charge in [-0.2, -0.15) is 5.10 Å². The summed E-state index contributed by atoms with van der Waals surface area (Å²) in [6, 6.07) is 8.82. The van der Waals surface area contributed by atoms with Crippen molar-refractivity contribution >= 4 is 0 Å². The minimum Gasteiger partial charge on any atom is -0.324 e. The molecule has 1 aromatic heterocycles. The zero-order chi connectivity index (χ0) is 15.8. The van der Waals surface area contributed by atoms with E-state index in [1.807, 2.05) is 18.7 Å². The molecule has 2 aromatic rings. The molecule has 0 saturated heterocycles. The second-order valence-electron chi connectivity index (χ2n) is 6.97. The van der Waals surface area contributed by atoms with Gasteiger partial charge in [-0.05, 0) is 36.8 Å². The molecule has 0 aliphatic heterocycles. The lowest BCUT2D eigenvalue weighted by atomic mass is 9.86. The number of aromatic nitrogens is 2. The Balaban J connectivity index is 2.18. The Kier molecular flexibility index (Phi) is 4.24. The van der Waals surface area contributed by atoms with Gasteiger partial charge in [-0.3, -0.25) is 4.68 Å². The third kappa shape index (κ3) is 3.35. The van der Waals surface area contributed by atoms with E-state index in [2.05, 4.69) is 57.1 Å². The van der Waals surface area contributed by atoms with Crippen LogP contribution in [0.25, 0.3) is 0 Å². The van der Waals surface area contributed by atoms with E-state index in [9.17, 15) is 0 Å². The van der Waals surface area contributed by atoms with Crippen LogP contribution in [0.15, 0.2) is 24.3 Å². The molecule has 3 heteroatoms. The van der Waals surface area contributed by atoms with E-state index in [0.29, 0.717) is 0 Å². The predicted molar refractivity (Wildman–Crippen MR) is 88.5 cm³/mol. The normalized spacial score (nSPS) is 13.5. The monoisotopic (exact) mass is 285 g/mol. The van der Waals surface area contributed by atoms with Gasteiger partial charge in [-0.15, -0.1) is 0 Å². The maximum atomic E-state index is 6.41. The second-order valence-corrected chi connectivity index (χ2v) is 6.97. The van der Waals surface area contributed by atoms with Crippen LogP contribution in [-0.4, -0.2) is 9.78 Å². The average Bonchev–Trinajstić information content (AvgIpc) is 2.62. The zero-order valence-electron chi connectivity index (χ0n) is 14.1. The van der Waals surface area contributed by atoms with Gasteiger partial charge in [0.05, 0.1) is 5.69 Å². The smallest absolute Gasteiger partial charge is 0.0644 e. The van der Waals surface area contributed by atoms with E-state index in [4.69, 9.17) is 5.73 Å². The molecule has 0 aliphatic rings. The predicted octanol–water partition coefficient (Wildman–Crippen LogP) is 3.58. The number of nitrogens with two attached hydrogens (primary N) is 1. The summed E-state index contributed by atoms with van der Waals surface area (Å²) in [4.78, 5) is 0. The van der Waals surface area contributed by atoms with Gasteiger partial charge >= 0.3 is 0 Å². The van der Waals surface area contributed by atoms with E-state index in [1.165, 1.54) is 16.7 Å². The van der Waals surface area contributed by atoms with Crippen LogP contribution in [0.2, 0.25) is 0 Å². The Bertz CT molecular complexity index is 615. The molecule has 0 bridgehead atoms. The number of hydrogen-bond donors (Lipinski definition) is 1. The third-order valence-corrected chi connectivity index (χ3v) is 4.21. The number of nitrogens with zero attached hydrogens (tertiary/aromatic N) is 2. The minimum atomic E-state index is -0.000753. The lowest BCUT2D eigenvalue weighted by Crippen LogP contribution is -2.16. The van der Waals surface area contributed by atoms with Gasteiger partial charge in [0.25, 0.3) is 0 Å². The molecule has 0 saturated carbocycles. The van der Waals surface area contributed by atoms with Crippen LogP contribution in [0.1, 0.15) is 54.9 Å². The molecule has 0 spiro atoms. The maximum Gasteiger partial charge on any atom is 0.0644 e. The molecule has 3 nitrogen and oxygen atoms in total. The van der Waals surface area contributed by atoms with Crippen molar-refractivity contribution in [1.82, 2.24) is 9.78 Å². The summed E-state index contributed by atoms with van der Waals surface area (Å²) in [5, 5.41) is 4.46. The number of hydrogen-bond acceptors (Lipinski definition) is 2. The summed E-state index contributed by atoms with van der Waals surface area (Å²) in [5.74, 6) is 0. The minimum absolute atomic E-state index is 0.000753. The molecule has 1 atom stereocenters. The van der Waals surface area contributed by atoms with E-state index in [1.54, 1.807) is 0 Å². The standard InChI is InChI=1S/C18H27N3/c1-12-17(13(2)21(6)20-12)16(19)11-14-7-9-15(10-8-14)18(3,4)5/h7-10,16H,11,19H2,1-6H3. The van der Waals surface area contributed by atoms with Crippen molar-refractivity contribution in [1.29, 1.82) is 0 Å². The quantitative estimate of drug-likeness (QED) is 0.936. The molecule has 1 heterocycles. The fourth-order valence-electron chi connectivity index (χ4n) is 2.82. The Hall–Kier alpha value is -1.61. The summed E-state index contributed by atoms with van der Waals surface area (Å²) < 4.78 is 1.91. The van der Waals surface area contributed by atoms with E-state index in [0.717, 1.165) is 17.8 Å². The first kappa shape index (κ1) is 15.8. The van der Waals surface area contributed by atoms with Gasteiger partial charge in [0.15, 0.2) is 0 Å². The SMILES string of the molecule is Cc1nn(C)c(C)c1C(N)Cc1ccc(C(C)(C)C)cc1. The third-order valence-electron chi connectivity index (χ3n) is 4.21. The Morgan fingerprint density at radius 1 is 1.14 bits per heavy atom. The molecule has 1 aromatic carbocycles. The second kappa shape index (κ2) is 5.64. The molecule has 21 heavy (non-hydrogen) atoms. The Morgan fingerprint density at radius 3 is 2.14 bits per heavy atom. The van der Waals surface area contributed by atoms with E-state index < -0.39 is 0 Å². The first-order valence-electron chi connectivity index (χ1n) is 7.55. The van der Waals surface area contributed by atoms with Gasteiger partial charge in [-0.25, -0.2) is 0 Å². The summed E-state index contributed by atoms with van der Waals surface area (Å²) >= 11 is 0. The lowest BCUT2D eigenvalue weighted by Gasteiger charge is -2.19. The molecule has 114 valence electrons. The van der Waals surface area contributed by atoms with Gasteiger partial charge in [-0.1, -0.05) is 45.0 Å². The van der Waals surface area contributed by atoms with E-state index in [-0.39, 0.29) is 11.5 Å². The zero-order valence-corrected chi connectivity index (χ0v) is 14.1. The number of benzene rings is 1. The van der Waals surface area contributed by atoms with Crippen molar-refractivity contribution in [3.05, 3.63) is 52.3 Å². The van der Waals surface area contributed by atoms with Crippen molar-refractivity contribution in [2.45, 2.75) is 52.5 Å². The number of aryl methyl sites for hydroxylation is 2. The largest absolute Gasteiger partial charge is 0.324 e. The van der Waals surface area contributed by atoms with Crippen LogP contribution in [0.4, 0.5) is 0 Å².